The molecule has 2 N–H and O–H groups in total. The van der Waals surface area contributed by atoms with E-state index in [0.29, 0.717) is 5.41 Å². The van der Waals surface area contributed by atoms with Gasteiger partial charge in [-0.25, -0.2) is 4.39 Å². The number of phenolic OH excluding ortho intramolecular Hbond substituents is 1. The molecule has 1 aromatic rings. The van der Waals surface area contributed by atoms with Crippen molar-refractivity contribution in [2.24, 2.45) is 5.41 Å². The van der Waals surface area contributed by atoms with E-state index in [2.05, 4.69) is 5.32 Å². The summed E-state index contributed by atoms with van der Waals surface area (Å²) in [4.78, 5) is 11.7. The highest BCUT2D eigenvalue weighted by atomic mass is 19.1. The van der Waals surface area contributed by atoms with E-state index in [1.165, 1.54) is 31.0 Å². The molecule has 4 heteroatoms. The fourth-order valence-electron chi connectivity index (χ4n) is 2.20. The van der Waals surface area contributed by atoms with Gasteiger partial charge in [0.2, 0.25) is 0 Å². The number of phenols is 1. The largest absolute Gasteiger partial charge is 0.505 e. The average Bonchev–Trinajstić information content (AvgIpc) is 3.14. The summed E-state index contributed by atoms with van der Waals surface area (Å²) < 4.78 is 13.4. The Morgan fingerprint density at radius 3 is 2.88 bits per heavy atom. The molecule has 84 valence electrons. The Morgan fingerprint density at radius 1 is 1.50 bits per heavy atom. The van der Waals surface area contributed by atoms with E-state index < -0.39 is 17.5 Å². The van der Waals surface area contributed by atoms with Gasteiger partial charge in [0.1, 0.15) is 0 Å². The topological polar surface area (TPSA) is 49.3 Å². The van der Waals surface area contributed by atoms with Crippen LogP contribution in [-0.4, -0.2) is 17.1 Å². The standard InChI is InChI=1S/C12H12FNO2/c13-10-7(2-1-3-8(10)15)11(16)14-9-6-12(9)4-5-12/h1-3,9,15H,4-6H2,(H,14,16). The third-order valence-electron chi connectivity index (χ3n) is 3.61. The summed E-state index contributed by atoms with van der Waals surface area (Å²) in [7, 11) is 0. The number of carbonyl (C=O) groups excluding carboxylic acids is 1. The molecular weight excluding hydrogens is 209 g/mol. The maximum absolute atomic E-state index is 13.4. The number of carbonyl (C=O) groups is 1. The van der Waals surface area contributed by atoms with Crippen molar-refractivity contribution in [3.8, 4) is 5.75 Å². The molecule has 0 aromatic heterocycles. The lowest BCUT2D eigenvalue weighted by atomic mass is 10.2. The van der Waals surface area contributed by atoms with E-state index in [-0.39, 0.29) is 11.6 Å². The van der Waals surface area contributed by atoms with Crippen LogP contribution in [0.4, 0.5) is 4.39 Å². The minimum absolute atomic E-state index is 0.0808. The van der Waals surface area contributed by atoms with Gasteiger partial charge in [-0.2, -0.15) is 0 Å². The molecule has 1 amide bonds. The fraction of sp³-hybridized carbons (Fsp3) is 0.417. The summed E-state index contributed by atoms with van der Waals surface area (Å²) in [6.07, 6.45) is 3.35. The van der Waals surface area contributed by atoms with Crippen LogP contribution in [0.15, 0.2) is 18.2 Å². The fourth-order valence-corrected chi connectivity index (χ4v) is 2.20. The molecule has 2 fully saturated rings. The summed E-state index contributed by atoms with van der Waals surface area (Å²) in [5, 5.41) is 12.0. The summed E-state index contributed by atoms with van der Waals surface area (Å²) in [6.45, 7) is 0. The molecule has 0 heterocycles. The smallest absolute Gasteiger partial charge is 0.254 e. The van der Waals surface area contributed by atoms with Gasteiger partial charge in [-0.15, -0.1) is 0 Å². The second kappa shape index (κ2) is 2.97. The lowest BCUT2D eigenvalue weighted by Crippen LogP contribution is -2.27. The molecule has 1 spiro atoms. The van der Waals surface area contributed by atoms with Crippen molar-refractivity contribution < 1.29 is 14.3 Å². The number of nitrogens with one attached hydrogen (secondary N) is 1. The van der Waals surface area contributed by atoms with Gasteiger partial charge >= 0.3 is 0 Å². The Hall–Kier alpha value is -1.58. The first-order valence-corrected chi connectivity index (χ1v) is 5.41. The molecule has 3 rings (SSSR count). The van der Waals surface area contributed by atoms with Crippen LogP contribution in [0, 0.1) is 11.2 Å². The zero-order chi connectivity index (χ0) is 11.3. The van der Waals surface area contributed by atoms with Crippen molar-refractivity contribution in [2.45, 2.75) is 25.3 Å². The van der Waals surface area contributed by atoms with Crippen LogP contribution in [0.3, 0.4) is 0 Å². The third kappa shape index (κ3) is 1.37. The van der Waals surface area contributed by atoms with E-state index in [0.717, 1.165) is 6.42 Å². The van der Waals surface area contributed by atoms with Crippen molar-refractivity contribution in [1.29, 1.82) is 0 Å². The van der Waals surface area contributed by atoms with E-state index in [1.54, 1.807) is 0 Å². The van der Waals surface area contributed by atoms with E-state index >= 15 is 0 Å². The molecule has 16 heavy (non-hydrogen) atoms. The molecule has 1 atom stereocenters. The molecular formula is C12H12FNO2. The van der Waals surface area contributed by atoms with E-state index in [1.807, 2.05) is 0 Å². The first-order chi connectivity index (χ1) is 7.62. The van der Waals surface area contributed by atoms with E-state index in [4.69, 9.17) is 5.11 Å². The highest BCUT2D eigenvalue weighted by Gasteiger charge is 2.63. The molecule has 2 saturated carbocycles. The highest BCUT2D eigenvalue weighted by Crippen LogP contribution is 2.65. The van der Waals surface area contributed by atoms with Crippen LogP contribution in [0.25, 0.3) is 0 Å². The summed E-state index contributed by atoms with van der Waals surface area (Å²) in [6, 6.07) is 4.28. The lowest BCUT2D eigenvalue weighted by Gasteiger charge is -2.05. The van der Waals surface area contributed by atoms with Crippen LogP contribution in [0.1, 0.15) is 29.6 Å². The predicted octanol–water partition coefficient (Wildman–Crippen LogP) is 1.81. The minimum atomic E-state index is -0.842. The summed E-state index contributed by atoms with van der Waals surface area (Å²) >= 11 is 0. The molecule has 0 bridgehead atoms. The number of rotatable bonds is 2. The Balaban J connectivity index is 1.76. The number of hydrogen-bond acceptors (Lipinski definition) is 2. The van der Waals surface area contributed by atoms with Crippen molar-refractivity contribution in [1.82, 2.24) is 5.32 Å². The molecule has 1 unspecified atom stereocenters. The zero-order valence-electron chi connectivity index (χ0n) is 8.66. The Kier molecular flexibility index (Phi) is 1.79. The van der Waals surface area contributed by atoms with Gasteiger partial charge in [-0.1, -0.05) is 6.07 Å². The molecule has 1 aromatic carbocycles. The first-order valence-electron chi connectivity index (χ1n) is 5.41. The lowest BCUT2D eigenvalue weighted by molar-refractivity contribution is 0.0943. The van der Waals surface area contributed by atoms with Gasteiger partial charge in [0.15, 0.2) is 11.6 Å². The molecule has 2 aliphatic carbocycles. The number of hydrogen-bond donors (Lipinski definition) is 2. The number of halogens is 1. The van der Waals surface area contributed by atoms with Gasteiger partial charge in [-0.3, -0.25) is 4.79 Å². The highest BCUT2D eigenvalue weighted by molar-refractivity contribution is 5.95. The molecule has 2 aliphatic rings. The minimum Gasteiger partial charge on any atom is -0.505 e. The number of benzene rings is 1. The van der Waals surface area contributed by atoms with Crippen molar-refractivity contribution in [3.63, 3.8) is 0 Å². The van der Waals surface area contributed by atoms with Crippen LogP contribution in [0.2, 0.25) is 0 Å². The van der Waals surface area contributed by atoms with Crippen molar-refractivity contribution in [2.75, 3.05) is 0 Å². The summed E-state index contributed by atoms with van der Waals surface area (Å²) in [5.41, 5.74) is 0.269. The van der Waals surface area contributed by atoms with Gasteiger partial charge in [0, 0.05) is 6.04 Å². The number of amides is 1. The SMILES string of the molecule is O=C(NC1CC12CC2)c1cccc(O)c1F. The first kappa shape index (κ1) is 9.63. The molecule has 0 saturated heterocycles. The summed E-state index contributed by atoms with van der Waals surface area (Å²) in [5.74, 6) is -1.75. The van der Waals surface area contributed by atoms with Crippen LogP contribution < -0.4 is 5.32 Å². The van der Waals surface area contributed by atoms with E-state index in [9.17, 15) is 9.18 Å². The molecule has 0 aliphatic heterocycles. The maximum Gasteiger partial charge on any atom is 0.254 e. The van der Waals surface area contributed by atoms with Gasteiger partial charge in [-0.05, 0) is 36.8 Å². The molecule has 3 nitrogen and oxygen atoms in total. The van der Waals surface area contributed by atoms with Crippen molar-refractivity contribution in [3.05, 3.63) is 29.6 Å². The number of aromatic hydroxyl groups is 1. The van der Waals surface area contributed by atoms with Crippen LogP contribution in [0.5, 0.6) is 5.75 Å². The Labute approximate surface area is 92.3 Å². The maximum atomic E-state index is 13.4. The van der Waals surface area contributed by atoms with Crippen LogP contribution in [-0.2, 0) is 0 Å². The predicted molar refractivity (Wildman–Crippen MR) is 55.6 cm³/mol. The van der Waals surface area contributed by atoms with Crippen molar-refractivity contribution >= 4 is 5.91 Å². The van der Waals surface area contributed by atoms with Gasteiger partial charge < -0.3 is 10.4 Å². The second-order valence-electron chi connectivity index (χ2n) is 4.73. The third-order valence-corrected chi connectivity index (χ3v) is 3.61. The van der Waals surface area contributed by atoms with Crippen LogP contribution >= 0.6 is 0 Å². The Morgan fingerprint density at radius 2 is 2.25 bits per heavy atom. The Bertz CT molecular complexity index is 468. The quantitative estimate of drug-likeness (QED) is 0.800. The normalized spacial score (nSPS) is 24.2. The molecule has 0 radical (unpaired) electrons. The monoisotopic (exact) mass is 221 g/mol. The zero-order valence-corrected chi connectivity index (χ0v) is 8.66. The second-order valence-corrected chi connectivity index (χ2v) is 4.73. The van der Waals surface area contributed by atoms with Gasteiger partial charge in [0.25, 0.3) is 5.91 Å². The van der Waals surface area contributed by atoms with Gasteiger partial charge in [0.05, 0.1) is 5.56 Å². The average molecular weight is 221 g/mol.